The average Bonchev–Trinajstić information content (AvgIpc) is 3.34. The number of aromatic nitrogens is 2. The highest BCUT2D eigenvalue weighted by molar-refractivity contribution is 5.95. The number of anilines is 1. The zero-order valence-corrected chi connectivity index (χ0v) is 19.3. The van der Waals surface area contributed by atoms with Crippen LogP contribution in [0, 0.1) is 15.9 Å². The third-order valence-corrected chi connectivity index (χ3v) is 6.81. The minimum absolute atomic E-state index is 0.0586. The van der Waals surface area contributed by atoms with Gasteiger partial charge in [0.25, 0.3) is 11.6 Å². The lowest BCUT2D eigenvalue weighted by Crippen LogP contribution is -2.49. The van der Waals surface area contributed by atoms with Crippen molar-refractivity contribution >= 4 is 17.3 Å². The lowest BCUT2D eigenvalue weighted by Gasteiger charge is -2.36. The van der Waals surface area contributed by atoms with Gasteiger partial charge in [-0.1, -0.05) is 6.07 Å². The van der Waals surface area contributed by atoms with E-state index < -0.39 is 4.92 Å². The summed E-state index contributed by atoms with van der Waals surface area (Å²) >= 11 is 0. The molecule has 0 aliphatic carbocycles. The van der Waals surface area contributed by atoms with Gasteiger partial charge < -0.3 is 15.1 Å². The molecule has 3 aromatic rings. The molecule has 3 heterocycles. The molecule has 2 aliphatic heterocycles. The molecule has 2 aliphatic rings. The van der Waals surface area contributed by atoms with Gasteiger partial charge in [0.15, 0.2) is 0 Å². The van der Waals surface area contributed by atoms with Crippen LogP contribution in [0.2, 0.25) is 0 Å². The highest BCUT2D eigenvalue weighted by Gasteiger charge is 2.31. The molecular formula is C25H27FN6O3. The Kier molecular flexibility index (Phi) is 6.45. The van der Waals surface area contributed by atoms with Crippen LogP contribution in [0.4, 0.5) is 15.8 Å². The van der Waals surface area contributed by atoms with Crippen molar-refractivity contribution < 1.29 is 14.1 Å². The van der Waals surface area contributed by atoms with Crippen molar-refractivity contribution in [3.05, 3.63) is 81.9 Å². The van der Waals surface area contributed by atoms with E-state index in [-0.39, 0.29) is 23.3 Å². The number of nitrogens with one attached hydrogen (secondary N) is 1. The molecule has 2 saturated heterocycles. The Hall–Kier alpha value is -3.79. The summed E-state index contributed by atoms with van der Waals surface area (Å²) in [6.45, 7) is 4.05. The lowest BCUT2D eigenvalue weighted by atomic mass is 9.91. The Balaban J connectivity index is 1.36. The summed E-state index contributed by atoms with van der Waals surface area (Å²) in [6.07, 6.45) is 3.39. The second-order valence-corrected chi connectivity index (χ2v) is 8.91. The smallest absolute Gasteiger partial charge is 0.269 e. The van der Waals surface area contributed by atoms with E-state index in [4.69, 9.17) is 0 Å². The van der Waals surface area contributed by atoms with Gasteiger partial charge >= 0.3 is 0 Å². The third kappa shape index (κ3) is 4.74. The van der Waals surface area contributed by atoms with Gasteiger partial charge in [-0.25, -0.2) is 9.07 Å². The topological polar surface area (TPSA) is 96.5 Å². The Morgan fingerprint density at radius 2 is 1.74 bits per heavy atom. The molecule has 2 fully saturated rings. The number of benzene rings is 2. The van der Waals surface area contributed by atoms with Gasteiger partial charge in [-0.2, -0.15) is 5.10 Å². The largest absolute Gasteiger partial charge is 0.368 e. The molecule has 35 heavy (non-hydrogen) atoms. The first kappa shape index (κ1) is 23.0. The molecule has 5 rings (SSSR count). The van der Waals surface area contributed by atoms with Crippen LogP contribution in [0.5, 0.6) is 0 Å². The van der Waals surface area contributed by atoms with E-state index in [1.165, 1.54) is 24.3 Å². The summed E-state index contributed by atoms with van der Waals surface area (Å²) in [5, 5.41) is 18.8. The Morgan fingerprint density at radius 3 is 2.40 bits per heavy atom. The first-order valence-corrected chi connectivity index (χ1v) is 11.8. The molecule has 0 unspecified atom stereocenters. The van der Waals surface area contributed by atoms with Crippen molar-refractivity contribution in [2.45, 2.75) is 18.8 Å². The van der Waals surface area contributed by atoms with Crippen LogP contribution in [0.25, 0.3) is 5.69 Å². The van der Waals surface area contributed by atoms with E-state index in [9.17, 15) is 19.3 Å². The number of amides is 1. The van der Waals surface area contributed by atoms with Crippen LogP contribution in [0.15, 0.2) is 54.7 Å². The van der Waals surface area contributed by atoms with Gasteiger partial charge in [-0.05, 0) is 56.3 Å². The maximum atomic E-state index is 14.0. The number of nitro groups is 1. The number of nitrogens with zero attached hydrogens (tertiary/aromatic N) is 5. The van der Waals surface area contributed by atoms with Crippen LogP contribution < -0.4 is 10.2 Å². The van der Waals surface area contributed by atoms with Gasteiger partial charge in [0.05, 0.1) is 28.1 Å². The molecule has 1 aromatic heterocycles. The molecular weight excluding hydrogens is 451 g/mol. The summed E-state index contributed by atoms with van der Waals surface area (Å²) in [5.41, 5.74) is 2.99. The minimum Gasteiger partial charge on any atom is -0.368 e. The number of halogens is 1. The molecule has 10 heteroatoms. The van der Waals surface area contributed by atoms with Crippen LogP contribution in [-0.4, -0.2) is 64.8 Å². The van der Waals surface area contributed by atoms with E-state index in [0.29, 0.717) is 37.4 Å². The number of piperidine rings is 1. The summed E-state index contributed by atoms with van der Waals surface area (Å²) in [7, 11) is 0. The number of nitro benzene ring substituents is 1. The SMILES string of the molecule is O=C(c1cnn(-c2cccc(F)c2)c1C1CCNCC1)N1CCN(c2ccc([N+](=O)[O-])cc2)CC1. The normalized spacial score (nSPS) is 16.9. The average molecular weight is 479 g/mol. The minimum atomic E-state index is -0.412. The predicted octanol–water partition coefficient (Wildman–Crippen LogP) is 3.35. The maximum Gasteiger partial charge on any atom is 0.269 e. The first-order chi connectivity index (χ1) is 17.0. The number of non-ortho nitro benzene ring substituents is 1. The second-order valence-electron chi connectivity index (χ2n) is 8.91. The van der Waals surface area contributed by atoms with E-state index in [0.717, 1.165) is 37.3 Å². The summed E-state index contributed by atoms with van der Waals surface area (Å²) < 4.78 is 15.7. The number of rotatable bonds is 5. The third-order valence-electron chi connectivity index (χ3n) is 6.81. The Labute approximate surface area is 202 Å². The number of carbonyl (C=O) groups excluding carboxylic acids is 1. The summed E-state index contributed by atoms with van der Waals surface area (Å²) in [6, 6.07) is 12.8. The van der Waals surface area contributed by atoms with E-state index in [1.807, 2.05) is 4.90 Å². The Morgan fingerprint density at radius 1 is 1.03 bits per heavy atom. The van der Waals surface area contributed by atoms with Crippen molar-refractivity contribution in [1.82, 2.24) is 20.0 Å². The van der Waals surface area contributed by atoms with Crippen molar-refractivity contribution in [2.24, 2.45) is 0 Å². The van der Waals surface area contributed by atoms with E-state index >= 15 is 0 Å². The number of hydrogen-bond acceptors (Lipinski definition) is 6. The quantitative estimate of drug-likeness (QED) is 0.446. The van der Waals surface area contributed by atoms with Crippen molar-refractivity contribution in [2.75, 3.05) is 44.2 Å². The van der Waals surface area contributed by atoms with Crippen LogP contribution in [-0.2, 0) is 0 Å². The molecule has 0 radical (unpaired) electrons. The van der Waals surface area contributed by atoms with Gasteiger partial charge in [0, 0.05) is 49.9 Å². The molecule has 1 N–H and O–H groups in total. The van der Waals surface area contributed by atoms with Crippen molar-refractivity contribution in [3.63, 3.8) is 0 Å². The molecule has 1 amide bonds. The van der Waals surface area contributed by atoms with Gasteiger partial charge in [0.1, 0.15) is 5.82 Å². The Bertz CT molecular complexity index is 1210. The van der Waals surface area contributed by atoms with Gasteiger partial charge in [0.2, 0.25) is 0 Å². The lowest BCUT2D eigenvalue weighted by molar-refractivity contribution is -0.384. The van der Waals surface area contributed by atoms with Crippen LogP contribution in [0.3, 0.4) is 0 Å². The standard InChI is InChI=1S/C25H27FN6O3/c26-19-2-1-3-22(16-19)31-24(18-8-10-27-11-9-18)23(17-28-31)25(33)30-14-12-29(13-15-30)20-4-6-21(7-5-20)32(34)35/h1-7,16-18,27H,8-15H2. The van der Waals surface area contributed by atoms with Gasteiger partial charge in [-0.3, -0.25) is 14.9 Å². The van der Waals surface area contributed by atoms with Crippen LogP contribution >= 0.6 is 0 Å². The van der Waals surface area contributed by atoms with Crippen molar-refractivity contribution in [1.29, 1.82) is 0 Å². The monoisotopic (exact) mass is 478 g/mol. The molecule has 2 aromatic carbocycles. The predicted molar refractivity (Wildman–Crippen MR) is 130 cm³/mol. The van der Waals surface area contributed by atoms with E-state index in [2.05, 4.69) is 15.3 Å². The number of hydrogen-bond donors (Lipinski definition) is 1. The first-order valence-electron chi connectivity index (χ1n) is 11.8. The van der Waals surface area contributed by atoms with Crippen molar-refractivity contribution in [3.8, 4) is 5.69 Å². The molecule has 0 atom stereocenters. The fraction of sp³-hybridized carbons (Fsp3) is 0.360. The summed E-state index contributed by atoms with van der Waals surface area (Å²) in [5.74, 6) is -0.253. The zero-order chi connectivity index (χ0) is 24.4. The van der Waals surface area contributed by atoms with Gasteiger partial charge in [-0.15, -0.1) is 0 Å². The zero-order valence-electron chi connectivity index (χ0n) is 19.3. The molecule has 0 saturated carbocycles. The molecule has 182 valence electrons. The second kappa shape index (κ2) is 9.83. The fourth-order valence-corrected chi connectivity index (χ4v) is 4.95. The molecule has 0 spiro atoms. The number of piperazine rings is 1. The highest BCUT2D eigenvalue weighted by atomic mass is 19.1. The summed E-state index contributed by atoms with van der Waals surface area (Å²) in [4.78, 5) is 28.1. The van der Waals surface area contributed by atoms with E-state index in [1.54, 1.807) is 35.1 Å². The molecule has 9 nitrogen and oxygen atoms in total. The fourth-order valence-electron chi connectivity index (χ4n) is 4.95. The number of carbonyl (C=O) groups is 1. The highest BCUT2D eigenvalue weighted by Crippen LogP contribution is 2.31. The van der Waals surface area contributed by atoms with Crippen LogP contribution in [0.1, 0.15) is 34.8 Å². The maximum absolute atomic E-state index is 14.0. The molecule has 0 bridgehead atoms.